The first-order valence-corrected chi connectivity index (χ1v) is 18.9. The lowest BCUT2D eigenvalue weighted by Gasteiger charge is -2.26. The van der Waals surface area contributed by atoms with E-state index in [1.54, 1.807) is 5.57 Å². The van der Waals surface area contributed by atoms with Crippen LogP contribution in [0.5, 0.6) is 0 Å². The topological polar surface area (TPSA) is 0 Å². The Morgan fingerprint density at radius 3 is 1.76 bits per heavy atom. The maximum absolute atomic E-state index is 2.48. The molecule has 0 heteroatoms. The molecule has 3 aliphatic rings. The molecule has 0 aliphatic heterocycles. The minimum Gasteiger partial charge on any atom is -0.0839 e. The van der Waals surface area contributed by atoms with Gasteiger partial charge in [0.15, 0.2) is 0 Å². The molecule has 0 N–H and O–H groups in total. The van der Waals surface area contributed by atoms with Crippen LogP contribution in [-0.2, 0) is 16.2 Å². The van der Waals surface area contributed by atoms with Crippen molar-refractivity contribution in [2.75, 3.05) is 0 Å². The second-order valence-corrected chi connectivity index (χ2v) is 17.7. The zero-order chi connectivity index (χ0) is 35.2. The van der Waals surface area contributed by atoms with Crippen LogP contribution in [0.2, 0.25) is 0 Å². The fourth-order valence-corrected chi connectivity index (χ4v) is 10.3. The predicted octanol–water partition coefficient (Wildman–Crippen LogP) is 14.2. The predicted molar refractivity (Wildman–Crippen MR) is 220 cm³/mol. The minimum atomic E-state index is -0.103. The molecular weight excluding hydrogens is 613 g/mol. The Labute approximate surface area is 302 Å². The molecule has 0 amide bonds. The summed E-state index contributed by atoms with van der Waals surface area (Å²) in [7, 11) is 0. The van der Waals surface area contributed by atoms with E-state index < -0.39 is 0 Å². The van der Waals surface area contributed by atoms with E-state index in [0.29, 0.717) is 0 Å². The summed E-state index contributed by atoms with van der Waals surface area (Å²) in [6.07, 6.45) is 7.03. The third kappa shape index (κ3) is 4.14. The lowest BCUT2D eigenvalue weighted by molar-refractivity contribution is 0.591. The fourth-order valence-electron chi connectivity index (χ4n) is 10.3. The average molecular weight is 659 g/mol. The molecule has 0 atom stereocenters. The molecule has 51 heavy (non-hydrogen) atoms. The first-order chi connectivity index (χ1) is 24.3. The van der Waals surface area contributed by atoms with Crippen molar-refractivity contribution in [1.82, 2.24) is 0 Å². The average Bonchev–Trinajstić information content (AvgIpc) is 3.50. The molecule has 3 aliphatic carbocycles. The Bertz CT molecular complexity index is 2680. The van der Waals surface area contributed by atoms with Crippen LogP contribution < -0.4 is 0 Å². The molecule has 0 spiro atoms. The van der Waals surface area contributed by atoms with E-state index in [-0.39, 0.29) is 16.2 Å². The molecule has 0 saturated heterocycles. The summed E-state index contributed by atoms with van der Waals surface area (Å²) < 4.78 is 0. The highest BCUT2D eigenvalue weighted by Gasteiger charge is 2.40. The minimum absolute atomic E-state index is 0.0516. The van der Waals surface area contributed by atoms with Crippen molar-refractivity contribution in [2.24, 2.45) is 0 Å². The van der Waals surface area contributed by atoms with Gasteiger partial charge in [0.2, 0.25) is 0 Å². The smallest absolute Gasteiger partial charge is 0.0162 e. The van der Waals surface area contributed by atoms with E-state index in [2.05, 4.69) is 165 Å². The molecule has 0 radical (unpaired) electrons. The van der Waals surface area contributed by atoms with Crippen LogP contribution in [0.1, 0.15) is 94.7 Å². The van der Waals surface area contributed by atoms with Crippen LogP contribution in [-0.4, -0.2) is 0 Å². The Hall–Kier alpha value is -4.94. The van der Waals surface area contributed by atoms with Crippen molar-refractivity contribution in [3.05, 3.63) is 148 Å². The van der Waals surface area contributed by atoms with Gasteiger partial charge in [-0.2, -0.15) is 0 Å². The Balaban J connectivity index is 1.06. The molecule has 7 aromatic carbocycles. The molecule has 0 bridgehead atoms. The Morgan fingerprint density at radius 1 is 0.569 bits per heavy atom. The first-order valence-electron chi connectivity index (χ1n) is 18.9. The highest BCUT2D eigenvalue weighted by Crippen LogP contribution is 2.56. The molecule has 0 saturated carbocycles. The van der Waals surface area contributed by atoms with Crippen molar-refractivity contribution in [3.8, 4) is 33.4 Å². The molecule has 0 aromatic heterocycles. The van der Waals surface area contributed by atoms with Gasteiger partial charge in [0.25, 0.3) is 0 Å². The molecule has 0 unspecified atom stereocenters. The lowest BCUT2D eigenvalue weighted by atomic mass is 9.77. The van der Waals surface area contributed by atoms with Crippen molar-refractivity contribution in [1.29, 1.82) is 0 Å². The van der Waals surface area contributed by atoms with Crippen LogP contribution in [0.25, 0.3) is 71.3 Å². The summed E-state index contributed by atoms with van der Waals surface area (Å²) in [5.74, 6) is 0. The molecule has 250 valence electrons. The first kappa shape index (κ1) is 30.8. The Kier molecular flexibility index (Phi) is 6.11. The van der Waals surface area contributed by atoms with E-state index in [0.717, 1.165) is 12.8 Å². The molecule has 0 heterocycles. The van der Waals surface area contributed by atoms with Crippen molar-refractivity contribution < 1.29 is 0 Å². The van der Waals surface area contributed by atoms with Gasteiger partial charge in [-0.3, -0.25) is 0 Å². The summed E-state index contributed by atoms with van der Waals surface area (Å²) in [5, 5.41) is 8.31. The van der Waals surface area contributed by atoms with Crippen molar-refractivity contribution in [2.45, 2.75) is 84.5 Å². The lowest BCUT2D eigenvalue weighted by Crippen LogP contribution is -2.17. The van der Waals surface area contributed by atoms with Gasteiger partial charge < -0.3 is 0 Å². The summed E-state index contributed by atoms with van der Waals surface area (Å²) in [6.45, 7) is 19.0. The number of aryl methyl sites for hydroxylation is 1. The Morgan fingerprint density at radius 2 is 1.14 bits per heavy atom. The van der Waals surface area contributed by atoms with Crippen molar-refractivity contribution >= 4 is 37.9 Å². The highest BCUT2D eigenvalue weighted by atomic mass is 14.4. The van der Waals surface area contributed by atoms with Crippen LogP contribution >= 0.6 is 0 Å². The third-order valence-corrected chi connectivity index (χ3v) is 13.0. The second kappa shape index (κ2) is 10.1. The van der Waals surface area contributed by atoms with E-state index in [1.165, 1.54) is 105 Å². The number of benzene rings is 7. The molecule has 0 fully saturated rings. The zero-order valence-electron chi connectivity index (χ0n) is 31.3. The van der Waals surface area contributed by atoms with Crippen LogP contribution in [0.3, 0.4) is 0 Å². The molecule has 7 aromatic rings. The highest BCUT2D eigenvalue weighted by molar-refractivity contribution is 6.27. The van der Waals surface area contributed by atoms with Crippen molar-refractivity contribution in [3.63, 3.8) is 0 Å². The van der Waals surface area contributed by atoms with Gasteiger partial charge in [-0.1, -0.05) is 146 Å². The molecular formula is C51H46. The summed E-state index contributed by atoms with van der Waals surface area (Å²) in [4.78, 5) is 0. The number of allylic oxidation sites excluding steroid dienone is 4. The largest absolute Gasteiger partial charge is 0.0839 e. The van der Waals surface area contributed by atoms with E-state index in [9.17, 15) is 0 Å². The van der Waals surface area contributed by atoms with Crippen LogP contribution in [0.4, 0.5) is 0 Å². The number of hydrogen-bond donors (Lipinski definition) is 0. The van der Waals surface area contributed by atoms with Gasteiger partial charge in [-0.15, -0.1) is 0 Å². The van der Waals surface area contributed by atoms with Gasteiger partial charge in [0.1, 0.15) is 0 Å². The number of hydrogen-bond acceptors (Lipinski definition) is 0. The quantitative estimate of drug-likeness (QED) is 0.162. The maximum atomic E-state index is 2.48. The third-order valence-electron chi connectivity index (χ3n) is 13.0. The van der Waals surface area contributed by atoms with Gasteiger partial charge in [0.05, 0.1) is 0 Å². The fraction of sp³-hybridized carbons (Fsp3) is 0.255. The van der Waals surface area contributed by atoms with E-state index in [1.807, 2.05) is 0 Å². The second-order valence-electron chi connectivity index (χ2n) is 17.7. The van der Waals surface area contributed by atoms with Gasteiger partial charge >= 0.3 is 0 Å². The summed E-state index contributed by atoms with van der Waals surface area (Å²) in [6, 6.07) is 38.1. The van der Waals surface area contributed by atoms with Gasteiger partial charge in [0, 0.05) is 10.8 Å². The number of fused-ring (bicyclic) bond motifs is 6. The van der Waals surface area contributed by atoms with Crippen LogP contribution in [0.15, 0.2) is 115 Å². The number of rotatable bonds is 2. The van der Waals surface area contributed by atoms with Gasteiger partial charge in [-0.05, 0) is 148 Å². The van der Waals surface area contributed by atoms with E-state index >= 15 is 0 Å². The maximum Gasteiger partial charge on any atom is 0.0162 e. The molecule has 0 nitrogen and oxygen atoms in total. The van der Waals surface area contributed by atoms with Gasteiger partial charge in [-0.25, -0.2) is 0 Å². The summed E-state index contributed by atoms with van der Waals surface area (Å²) >= 11 is 0. The molecule has 10 rings (SSSR count). The summed E-state index contributed by atoms with van der Waals surface area (Å²) in [5.41, 5.74) is 19.7. The van der Waals surface area contributed by atoms with E-state index in [4.69, 9.17) is 0 Å². The standard InChI is InChI=1S/C51H46/c1-29-37-21-19-34-25-36(49(2,3)4)26-35-20-24-41(46(37)45(34)35)47-40-23-18-33(28-44(40)51(7,8)48(29)47)31-15-13-30(14-16-31)32-17-22-39-38-11-9-10-12-42(38)50(5,6)43(39)27-32/h10,12-28H,9,11H2,1-8H3. The zero-order valence-corrected chi connectivity index (χ0v) is 31.3. The SMILES string of the molecule is Cc1c2c(c3ccc4cc(C(C)(C)C)cc5ccc1c3c54)-c1ccc(-c3ccc(-c4ccc5c(c4)C(C)(C)C4=C5CCC=C4)cc3)cc1C2(C)C. The monoisotopic (exact) mass is 658 g/mol. The normalized spacial score (nSPS) is 17.0. The van der Waals surface area contributed by atoms with Crippen LogP contribution in [0, 0.1) is 6.92 Å².